The summed E-state index contributed by atoms with van der Waals surface area (Å²) in [5, 5.41) is 3.73. The van der Waals surface area contributed by atoms with Gasteiger partial charge in [0.1, 0.15) is 10.9 Å². The zero-order valence-corrected chi connectivity index (χ0v) is 17.9. The molecule has 0 aliphatic heterocycles. The van der Waals surface area contributed by atoms with Gasteiger partial charge in [-0.2, -0.15) is 0 Å². The smallest absolute Gasteiger partial charge is 0.254 e. The number of para-hydroxylation sites is 2. The Labute approximate surface area is 180 Å². The Morgan fingerprint density at radius 2 is 1.93 bits per heavy atom. The number of nitrogens with zero attached hydrogens (tertiary/aromatic N) is 2. The lowest BCUT2D eigenvalue weighted by Crippen LogP contribution is -2.25. The van der Waals surface area contributed by atoms with Crippen LogP contribution in [-0.4, -0.2) is 27.4 Å². The molecule has 0 saturated heterocycles. The third kappa shape index (κ3) is 4.71. The number of benzene rings is 2. The predicted octanol–water partition coefficient (Wildman–Crippen LogP) is 5.09. The summed E-state index contributed by atoms with van der Waals surface area (Å²) >= 11 is 1.52. The van der Waals surface area contributed by atoms with E-state index in [4.69, 9.17) is 0 Å². The molecule has 0 radical (unpaired) electrons. The van der Waals surface area contributed by atoms with Gasteiger partial charge in [0.15, 0.2) is 0 Å². The SMILES string of the molecule is Cc1ccc(Sc2ncccc2C(=O)NCCCc2nc3ccccc3[nH]2)cc1C. The first-order valence-electron chi connectivity index (χ1n) is 10.0. The van der Waals surface area contributed by atoms with Gasteiger partial charge in [0.05, 0.1) is 16.6 Å². The van der Waals surface area contributed by atoms with Crippen molar-refractivity contribution < 1.29 is 4.79 Å². The van der Waals surface area contributed by atoms with Crippen molar-refractivity contribution in [1.29, 1.82) is 0 Å². The minimum atomic E-state index is -0.0981. The highest BCUT2D eigenvalue weighted by Gasteiger charge is 2.13. The number of nitrogens with one attached hydrogen (secondary N) is 2. The van der Waals surface area contributed by atoms with E-state index in [-0.39, 0.29) is 5.91 Å². The topological polar surface area (TPSA) is 70.7 Å². The zero-order chi connectivity index (χ0) is 20.9. The van der Waals surface area contributed by atoms with E-state index in [0.717, 1.165) is 39.6 Å². The Morgan fingerprint density at radius 3 is 2.77 bits per heavy atom. The summed E-state index contributed by atoms with van der Waals surface area (Å²) in [6.45, 7) is 4.76. The van der Waals surface area contributed by atoms with E-state index in [9.17, 15) is 4.79 Å². The van der Waals surface area contributed by atoms with Gasteiger partial charge < -0.3 is 10.3 Å². The van der Waals surface area contributed by atoms with Gasteiger partial charge in [-0.25, -0.2) is 9.97 Å². The molecule has 6 heteroatoms. The zero-order valence-electron chi connectivity index (χ0n) is 17.1. The first-order chi connectivity index (χ1) is 14.6. The van der Waals surface area contributed by atoms with Crippen LogP contribution < -0.4 is 5.32 Å². The molecule has 0 unspecified atom stereocenters. The molecule has 0 aliphatic rings. The first kappa shape index (κ1) is 20.2. The predicted molar refractivity (Wildman–Crippen MR) is 121 cm³/mol. The van der Waals surface area contributed by atoms with Crippen LogP contribution in [0.4, 0.5) is 0 Å². The number of aryl methyl sites for hydroxylation is 3. The highest BCUT2D eigenvalue weighted by atomic mass is 32.2. The summed E-state index contributed by atoms with van der Waals surface area (Å²) in [5.41, 5.74) is 5.10. The highest BCUT2D eigenvalue weighted by Crippen LogP contribution is 2.29. The summed E-state index contributed by atoms with van der Waals surface area (Å²) in [4.78, 5) is 26.2. The van der Waals surface area contributed by atoms with Crippen molar-refractivity contribution in [3.63, 3.8) is 0 Å². The van der Waals surface area contributed by atoms with Crippen LogP contribution in [0.1, 0.15) is 33.7 Å². The van der Waals surface area contributed by atoms with Crippen molar-refractivity contribution in [2.75, 3.05) is 6.54 Å². The molecule has 0 spiro atoms. The van der Waals surface area contributed by atoms with E-state index >= 15 is 0 Å². The Kier molecular flexibility index (Phi) is 6.14. The van der Waals surface area contributed by atoms with Crippen LogP contribution in [0.5, 0.6) is 0 Å². The summed E-state index contributed by atoms with van der Waals surface area (Å²) in [5.74, 6) is 0.844. The van der Waals surface area contributed by atoms with Crippen molar-refractivity contribution in [1.82, 2.24) is 20.3 Å². The Morgan fingerprint density at radius 1 is 1.07 bits per heavy atom. The van der Waals surface area contributed by atoms with E-state index < -0.39 is 0 Å². The van der Waals surface area contributed by atoms with Crippen molar-refractivity contribution in [2.45, 2.75) is 36.6 Å². The molecule has 2 aromatic carbocycles. The van der Waals surface area contributed by atoms with E-state index in [1.807, 2.05) is 30.3 Å². The van der Waals surface area contributed by atoms with Crippen molar-refractivity contribution in [3.05, 3.63) is 83.3 Å². The minimum absolute atomic E-state index is 0.0981. The molecule has 152 valence electrons. The fraction of sp³-hybridized carbons (Fsp3) is 0.208. The number of aromatic amines is 1. The van der Waals surface area contributed by atoms with Gasteiger partial charge in [-0.3, -0.25) is 4.79 Å². The number of amides is 1. The van der Waals surface area contributed by atoms with Gasteiger partial charge >= 0.3 is 0 Å². The Balaban J connectivity index is 1.35. The molecule has 0 saturated carbocycles. The third-order valence-electron chi connectivity index (χ3n) is 5.02. The Bertz CT molecular complexity index is 1150. The molecule has 0 aliphatic carbocycles. The largest absolute Gasteiger partial charge is 0.352 e. The second-order valence-electron chi connectivity index (χ2n) is 7.26. The van der Waals surface area contributed by atoms with Gasteiger partial charge in [-0.15, -0.1) is 0 Å². The van der Waals surface area contributed by atoms with Crippen molar-refractivity contribution in [2.24, 2.45) is 0 Å². The molecule has 30 heavy (non-hydrogen) atoms. The molecular weight excluding hydrogens is 392 g/mol. The van der Waals surface area contributed by atoms with Gasteiger partial charge in [0.2, 0.25) is 0 Å². The molecule has 0 fully saturated rings. The number of H-pyrrole nitrogens is 1. The summed E-state index contributed by atoms with van der Waals surface area (Å²) < 4.78 is 0. The second-order valence-corrected chi connectivity index (χ2v) is 8.33. The van der Waals surface area contributed by atoms with Crippen LogP contribution in [0.2, 0.25) is 0 Å². The number of fused-ring (bicyclic) bond motifs is 1. The molecule has 4 aromatic rings. The second kappa shape index (κ2) is 9.13. The summed E-state index contributed by atoms with van der Waals surface area (Å²) in [7, 11) is 0. The normalized spacial score (nSPS) is 11.0. The minimum Gasteiger partial charge on any atom is -0.352 e. The molecule has 1 amide bonds. The van der Waals surface area contributed by atoms with Gasteiger partial charge in [0, 0.05) is 24.1 Å². The lowest BCUT2D eigenvalue weighted by molar-refractivity contribution is 0.0949. The molecule has 4 rings (SSSR count). The number of rotatable bonds is 7. The fourth-order valence-electron chi connectivity index (χ4n) is 3.21. The van der Waals surface area contributed by atoms with Crippen LogP contribution in [0, 0.1) is 13.8 Å². The molecule has 2 heterocycles. The number of aromatic nitrogens is 3. The van der Waals surface area contributed by atoms with E-state index in [2.05, 4.69) is 52.3 Å². The van der Waals surface area contributed by atoms with Crippen LogP contribution in [0.3, 0.4) is 0 Å². The maximum Gasteiger partial charge on any atom is 0.254 e. The molecule has 5 nitrogen and oxygen atoms in total. The average molecular weight is 417 g/mol. The summed E-state index contributed by atoms with van der Waals surface area (Å²) in [6, 6.07) is 17.9. The van der Waals surface area contributed by atoms with E-state index in [1.54, 1.807) is 12.3 Å². The molecule has 0 bridgehead atoms. The summed E-state index contributed by atoms with van der Waals surface area (Å²) in [6.07, 6.45) is 3.32. The van der Waals surface area contributed by atoms with Crippen molar-refractivity contribution >= 4 is 28.7 Å². The molecule has 2 aromatic heterocycles. The lowest BCUT2D eigenvalue weighted by Gasteiger charge is -2.10. The van der Waals surface area contributed by atoms with Crippen LogP contribution in [0.25, 0.3) is 11.0 Å². The standard InChI is InChI=1S/C24H24N4OS/c1-16-11-12-18(15-17(16)2)30-24-19(7-5-14-26-24)23(29)25-13-6-10-22-27-20-8-3-4-9-21(20)28-22/h3-5,7-9,11-12,14-15H,6,10,13H2,1-2H3,(H,25,29)(H,27,28). The maximum absolute atomic E-state index is 12.7. The quantitative estimate of drug-likeness (QED) is 0.412. The monoisotopic (exact) mass is 416 g/mol. The van der Waals surface area contributed by atoms with Crippen molar-refractivity contribution in [3.8, 4) is 0 Å². The number of imidazole rings is 1. The van der Waals surface area contributed by atoms with Gasteiger partial charge in [0.25, 0.3) is 5.91 Å². The fourth-order valence-corrected chi connectivity index (χ4v) is 4.19. The first-order valence-corrected chi connectivity index (χ1v) is 10.8. The maximum atomic E-state index is 12.7. The van der Waals surface area contributed by atoms with Crippen LogP contribution in [-0.2, 0) is 6.42 Å². The Hall–Kier alpha value is -3.12. The van der Waals surface area contributed by atoms with Gasteiger partial charge in [-0.05, 0) is 67.8 Å². The molecule has 2 N–H and O–H groups in total. The number of hydrogen-bond acceptors (Lipinski definition) is 4. The van der Waals surface area contributed by atoms with Crippen LogP contribution in [0.15, 0.2) is 70.7 Å². The van der Waals surface area contributed by atoms with Crippen LogP contribution >= 0.6 is 11.8 Å². The molecular formula is C24H24N4OS. The number of carbonyl (C=O) groups is 1. The third-order valence-corrected chi connectivity index (χ3v) is 6.03. The van der Waals surface area contributed by atoms with E-state index in [0.29, 0.717) is 12.1 Å². The van der Waals surface area contributed by atoms with Gasteiger partial charge in [-0.1, -0.05) is 30.0 Å². The lowest BCUT2D eigenvalue weighted by atomic mass is 10.1. The number of carbonyl (C=O) groups excluding carboxylic acids is 1. The average Bonchev–Trinajstić information content (AvgIpc) is 3.17. The van der Waals surface area contributed by atoms with E-state index in [1.165, 1.54) is 22.9 Å². The molecule has 0 atom stereocenters. The number of pyridine rings is 1. The number of hydrogen-bond donors (Lipinski definition) is 2. The highest BCUT2D eigenvalue weighted by molar-refractivity contribution is 7.99.